The molecule has 7 heteroatoms. The van der Waals surface area contributed by atoms with Crippen molar-refractivity contribution in [2.24, 2.45) is 7.05 Å². The molecule has 6 nitrogen and oxygen atoms in total. The molecule has 0 saturated heterocycles. The van der Waals surface area contributed by atoms with E-state index in [2.05, 4.69) is 38.1 Å². The Bertz CT molecular complexity index is 1300. The number of hydrogen-bond donors (Lipinski definition) is 1. The van der Waals surface area contributed by atoms with Gasteiger partial charge in [0.25, 0.3) is 5.91 Å². The van der Waals surface area contributed by atoms with Crippen molar-refractivity contribution in [3.05, 3.63) is 63.8 Å². The first-order valence-electron chi connectivity index (χ1n) is 9.50. The van der Waals surface area contributed by atoms with Crippen LogP contribution in [-0.4, -0.2) is 32.6 Å². The summed E-state index contributed by atoms with van der Waals surface area (Å²) in [6.45, 7) is 0. The number of carbonyl (C=O) groups excluding carboxylic acids is 1. The highest BCUT2D eigenvalue weighted by molar-refractivity contribution is 9.10. The van der Waals surface area contributed by atoms with E-state index in [1.165, 1.54) is 11.1 Å². The van der Waals surface area contributed by atoms with E-state index in [4.69, 9.17) is 5.73 Å². The van der Waals surface area contributed by atoms with Crippen molar-refractivity contribution in [2.45, 2.75) is 18.9 Å². The maximum absolute atomic E-state index is 13.3. The number of fused-ring (bicyclic) bond motifs is 4. The Labute approximate surface area is 176 Å². The van der Waals surface area contributed by atoms with Gasteiger partial charge in [0, 0.05) is 29.5 Å². The number of carbonyl (C=O) groups is 1. The predicted octanol–water partition coefficient (Wildman–Crippen LogP) is 4.23. The van der Waals surface area contributed by atoms with E-state index in [0.717, 1.165) is 39.1 Å². The maximum atomic E-state index is 13.3. The van der Waals surface area contributed by atoms with Gasteiger partial charge in [0.2, 0.25) is 0 Å². The van der Waals surface area contributed by atoms with Crippen LogP contribution < -0.4 is 5.73 Å². The molecule has 0 radical (unpaired) electrons. The Morgan fingerprint density at radius 2 is 2.07 bits per heavy atom. The van der Waals surface area contributed by atoms with Crippen LogP contribution in [0.15, 0.2) is 47.1 Å². The van der Waals surface area contributed by atoms with Crippen LogP contribution in [0.3, 0.4) is 0 Å². The first-order chi connectivity index (χ1) is 13.9. The molecular weight excluding hydrogens is 430 g/mol. The zero-order chi connectivity index (χ0) is 20.3. The van der Waals surface area contributed by atoms with Crippen molar-refractivity contribution in [1.82, 2.24) is 19.7 Å². The van der Waals surface area contributed by atoms with Crippen molar-refractivity contribution in [1.29, 1.82) is 0 Å². The van der Waals surface area contributed by atoms with Gasteiger partial charge in [0.15, 0.2) is 0 Å². The van der Waals surface area contributed by atoms with Crippen molar-refractivity contribution in [3.8, 4) is 0 Å². The van der Waals surface area contributed by atoms with E-state index in [0.29, 0.717) is 11.4 Å². The normalized spacial score (nSPS) is 15.8. The summed E-state index contributed by atoms with van der Waals surface area (Å²) >= 11 is 3.54. The van der Waals surface area contributed by atoms with Crippen LogP contribution in [0.4, 0.5) is 5.82 Å². The average molecular weight is 450 g/mol. The SMILES string of the molecule is CN(C(=O)c1ccc2nc(N)c3cnn(C)c3c2c1)[C@@H]1CCc2cc(Br)ccc21. The summed E-state index contributed by atoms with van der Waals surface area (Å²) in [5.74, 6) is 0.449. The van der Waals surface area contributed by atoms with Crippen LogP contribution in [0.2, 0.25) is 0 Å². The fourth-order valence-electron chi connectivity index (χ4n) is 4.40. The fourth-order valence-corrected chi connectivity index (χ4v) is 4.81. The second-order valence-corrected chi connectivity index (χ2v) is 8.49. The number of anilines is 1. The lowest BCUT2D eigenvalue weighted by Crippen LogP contribution is -2.30. The largest absolute Gasteiger partial charge is 0.383 e. The highest BCUT2D eigenvalue weighted by Crippen LogP contribution is 2.37. The molecule has 2 aromatic carbocycles. The first kappa shape index (κ1) is 18.1. The van der Waals surface area contributed by atoms with E-state index >= 15 is 0 Å². The number of pyridine rings is 1. The van der Waals surface area contributed by atoms with Crippen molar-refractivity contribution in [3.63, 3.8) is 0 Å². The Balaban J connectivity index is 1.56. The van der Waals surface area contributed by atoms with Gasteiger partial charge in [0.05, 0.1) is 28.7 Å². The highest BCUT2D eigenvalue weighted by atomic mass is 79.9. The number of nitrogens with two attached hydrogens (primary N) is 1. The van der Waals surface area contributed by atoms with Gasteiger partial charge in [-0.05, 0) is 54.3 Å². The molecule has 2 aromatic heterocycles. The molecule has 0 aliphatic heterocycles. The first-order valence-corrected chi connectivity index (χ1v) is 10.3. The molecule has 0 spiro atoms. The van der Waals surface area contributed by atoms with Gasteiger partial charge in [-0.25, -0.2) is 4.98 Å². The molecular formula is C22H20BrN5O. The lowest BCUT2D eigenvalue weighted by Gasteiger charge is -2.26. The summed E-state index contributed by atoms with van der Waals surface area (Å²) in [6, 6.07) is 12.0. The summed E-state index contributed by atoms with van der Waals surface area (Å²) < 4.78 is 2.85. The lowest BCUT2D eigenvalue weighted by molar-refractivity contribution is 0.0731. The second-order valence-electron chi connectivity index (χ2n) is 7.57. The summed E-state index contributed by atoms with van der Waals surface area (Å²) in [4.78, 5) is 19.7. The third-order valence-electron chi connectivity index (χ3n) is 5.89. The third kappa shape index (κ3) is 2.80. The number of aryl methyl sites for hydroxylation is 2. The zero-order valence-corrected chi connectivity index (χ0v) is 17.8. The molecule has 0 unspecified atom stereocenters. The van der Waals surface area contributed by atoms with Gasteiger partial charge in [-0.15, -0.1) is 0 Å². The predicted molar refractivity (Wildman–Crippen MR) is 118 cm³/mol. The van der Waals surface area contributed by atoms with E-state index in [1.54, 1.807) is 10.9 Å². The number of benzene rings is 2. The topological polar surface area (TPSA) is 77.0 Å². The third-order valence-corrected chi connectivity index (χ3v) is 6.39. The van der Waals surface area contributed by atoms with Crippen LogP contribution in [0.25, 0.3) is 21.8 Å². The highest BCUT2D eigenvalue weighted by Gasteiger charge is 2.29. The molecule has 1 aliphatic rings. The fraction of sp³-hybridized carbons (Fsp3) is 0.227. The molecule has 4 aromatic rings. The monoisotopic (exact) mass is 449 g/mol. The van der Waals surface area contributed by atoms with Gasteiger partial charge in [-0.3, -0.25) is 9.48 Å². The molecule has 0 fully saturated rings. The molecule has 1 amide bonds. The smallest absolute Gasteiger partial charge is 0.254 e. The van der Waals surface area contributed by atoms with Gasteiger partial charge in [0.1, 0.15) is 5.82 Å². The molecule has 1 atom stereocenters. The minimum absolute atomic E-state index is 0.000174. The molecule has 5 rings (SSSR count). The van der Waals surface area contributed by atoms with Gasteiger partial charge in [-0.2, -0.15) is 5.10 Å². The van der Waals surface area contributed by atoms with E-state index in [1.807, 2.05) is 43.3 Å². The quantitative estimate of drug-likeness (QED) is 0.496. The molecule has 2 N–H and O–H groups in total. The minimum atomic E-state index is -0.000174. The Hall–Kier alpha value is -2.93. The summed E-state index contributed by atoms with van der Waals surface area (Å²) in [5.41, 5.74) is 10.9. The standard InChI is InChI=1S/C22H20BrN5O/c1-27(19-8-4-12-9-14(23)5-6-15(12)19)22(29)13-3-7-18-16(10-13)20-17(21(24)26-18)11-25-28(20)2/h3,5-7,9-11,19H,4,8H2,1-2H3,(H2,24,26)/t19-/m1/s1. The molecule has 146 valence electrons. The van der Waals surface area contributed by atoms with Crippen molar-refractivity contribution < 1.29 is 4.79 Å². The number of nitrogens with zero attached hydrogens (tertiary/aromatic N) is 4. The van der Waals surface area contributed by atoms with Crippen LogP contribution >= 0.6 is 15.9 Å². The molecule has 1 aliphatic carbocycles. The number of hydrogen-bond acceptors (Lipinski definition) is 4. The summed E-state index contributed by atoms with van der Waals surface area (Å²) in [6.07, 6.45) is 3.63. The second kappa shape index (κ2) is 6.56. The number of amides is 1. The Morgan fingerprint density at radius 3 is 2.90 bits per heavy atom. The van der Waals surface area contributed by atoms with E-state index in [-0.39, 0.29) is 11.9 Å². The minimum Gasteiger partial charge on any atom is -0.383 e. The van der Waals surface area contributed by atoms with Gasteiger partial charge in [-0.1, -0.05) is 22.0 Å². The Morgan fingerprint density at radius 1 is 1.24 bits per heavy atom. The molecule has 0 bridgehead atoms. The summed E-state index contributed by atoms with van der Waals surface area (Å²) in [7, 11) is 3.75. The Kier molecular flexibility index (Phi) is 4.10. The summed E-state index contributed by atoms with van der Waals surface area (Å²) in [5, 5.41) is 5.99. The van der Waals surface area contributed by atoms with Gasteiger partial charge < -0.3 is 10.6 Å². The number of halogens is 1. The maximum Gasteiger partial charge on any atom is 0.254 e. The van der Waals surface area contributed by atoms with E-state index in [9.17, 15) is 4.79 Å². The van der Waals surface area contributed by atoms with Crippen molar-refractivity contribution in [2.75, 3.05) is 12.8 Å². The van der Waals surface area contributed by atoms with Crippen LogP contribution in [0.5, 0.6) is 0 Å². The number of rotatable bonds is 2. The van der Waals surface area contributed by atoms with Crippen LogP contribution in [0, 0.1) is 0 Å². The lowest BCUT2D eigenvalue weighted by atomic mass is 10.0. The average Bonchev–Trinajstić information content (AvgIpc) is 3.30. The van der Waals surface area contributed by atoms with Crippen LogP contribution in [-0.2, 0) is 13.5 Å². The zero-order valence-electron chi connectivity index (χ0n) is 16.2. The van der Waals surface area contributed by atoms with Gasteiger partial charge >= 0.3 is 0 Å². The van der Waals surface area contributed by atoms with Crippen molar-refractivity contribution >= 4 is 49.5 Å². The molecule has 0 saturated carbocycles. The molecule has 29 heavy (non-hydrogen) atoms. The number of nitrogen functional groups attached to an aromatic ring is 1. The molecule has 2 heterocycles. The van der Waals surface area contributed by atoms with E-state index < -0.39 is 0 Å². The van der Waals surface area contributed by atoms with Crippen LogP contribution in [0.1, 0.15) is 33.9 Å². The number of aromatic nitrogens is 3.